The number of aromatic carboxylic acids is 1. The number of imidazole rings is 1. The molecule has 6 heteroatoms. The van der Waals surface area contributed by atoms with Crippen LogP contribution in [0.3, 0.4) is 0 Å². The second-order valence-electron chi connectivity index (χ2n) is 2.81. The van der Waals surface area contributed by atoms with Crippen LogP contribution < -0.4 is 0 Å². The smallest absolute Gasteiger partial charge is 0.353 e. The van der Waals surface area contributed by atoms with Crippen LogP contribution in [0.2, 0.25) is 5.02 Å². The van der Waals surface area contributed by atoms with Crippen molar-refractivity contribution in [2.24, 2.45) is 0 Å². The number of hydrogen-bond acceptors (Lipinski definition) is 3. The number of nitrogens with one attached hydrogen (secondary N) is 1. The summed E-state index contributed by atoms with van der Waals surface area (Å²) in [7, 11) is 0. The lowest BCUT2D eigenvalue weighted by Gasteiger charge is -1.97. The van der Waals surface area contributed by atoms with E-state index in [4.69, 9.17) is 16.7 Å². The van der Waals surface area contributed by atoms with Gasteiger partial charge in [-0.15, -0.1) is 0 Å². The molecule has 0 aliphatic rings. The monoisotopic (exact) mass is 223 g/mol. The standard InChI is InChI=1S/C9H6ClN3O2/c10-6-3-11-2-1-5(6)8-12-4-7(13-8)9(14)15/h1-4H,(H,12,13)(H,14,15). The fourth-order valence-electron chi connectivity index (χ4n) is 1.13. The third-order valence-electron chi connectivity index (χ3n) is 1.83. The van der Waals surface area contributed by atoms with Crippen molar-refractivity contribution in [3.8, 4) is 11.4 Å². The van der Waals surface area contributed by atoms with Crippen LogP contribution in [-0.2, 0) is 0 Å². The third-order valence-corrected chi connectivity index (χ3v) is 2.13. The Hall–Kier alpha value is -1.88. The van der Waals surface area contributed by atoms with Gasteiger partial charge in [0.05, 0.1) is 11.2 Å². The molecule has 2 N–H and O–H groups in total. The first-order chi connectivity index (χ1) is 7.18. The third kappa shape index (κ3) is 1.82. The van der Waals surface area contributed by atoms with Gasteiger partial charge in [0.25, 0.3) is 0 Å². The molecule has 0 spiro atoms. The van der Waals surface area contributed by atoms with Gasteiger partial charge in [0, 0.05) is 18.0 Å². The summed E-state index contributed by atoms with van der Waals surface area (Å²) in [4.78, 5) is 21.0. The number of aromatic nitrogens is 3. The highest BCUT2D eigenvalue weighted by Crippen LogP contribution is 2.23. The maximum absolute atomic E-state index is 10.6. The SMILES string of the molecule is O=C(O)c1cnc(-c2ccncc2Cl)[nH]1. The molecule has 0 saturated heterocycles. The first-order valence-electron chi connectivity index (χ1n) is 4.06. The van der Waals surface area contributed by atoms with E-state index in [1.807, 2.05) is 0 Å². The minimum Gasteiger partial charge on any atom is -0.477 e. The van der Waals surface area contributed by atoms with Crippen molar-refractivity contribution >= 4 is 17.6 Å². The minimum absolute atomic E-state index is 0.0258. The second-order valence-corrected chi connectivity index (χ2v) is 3.21. The lowest BCUT2D eigenvalue weighted by molar-refractivity contribution is 0.0691. The molecule has 0 aliphatic carbocycles. The molecule has 2 heterocycles. The van der Waals surface area contributed by atoms with E-state index in [2.05, 4.69) is 15.0 Å². The van der Waals surface area contributed by atoms with Gasteiger partial charge in [-0.3, -0.25) is 4.98 Å². The number of H-pyrrole nitrogens is 1. The second kappa shape index (κ2) is 3.70. The molecule has 0 fully saturated rings. The van der Waals surface area contributed by atoms with Gasteiger partial charge in [-0.25, -0.2) is 9.78 Å². The molecule has 5 nitrogen and oxygen atoms in total. The Morgan fingerprint density at radius 2 is 2.27 bits per heavy atom. The van der Waals surface area contributed by atoms with Crippen LogP contribution in [0.4, 0.5) is 0 Å². The van der Waals surface area contributed by atoms with Crippen molar-refractivity contribution in [3.05, 3.63) is 35.4 Å². The number of hydrogen-bond donors (Lipinski definition) is 2. The van der Waals surface area contributed by atoms with E-state index in [0.29, 0.717) is 16.4 Å². The summed E-state index contributed by atoms with van der Waals surface area (Å²) in [5.41, 5.74) is 0.650. The first-order valence-corrected chi connectivity index (χ1v) is 4.44. The van der Waals surface area contributed by atoms with Crippen molar-refractivity contribution < 1.29 is 9.90 Å². The summed E-state index contributed by atoms with van der Waals surface area (Å²) < 4.78 is 0. The van der Waals surface area contributed by atoms with Crippen molar-refractivity contribution in [1.82, 2.24) is 15.0 Å². The number of carboxylic acids is 1. The molecule has 15 heavy (non-hydrogen) atoms. The highest BCUT2D eigenvalue weighted by atomic mass is 35.5. The maximum Gasteiger partial charge on any atom is 0.353 e. The molecule has 0 amide bonds. The summed E-state index contributed by atoms with van der Waals surface area (Å²) in [5, 5.41) is 9.12. The predicted octanol–water partition coefficient (Wildman–Crippen LogP) is 1.82. The zero-order valence-electron chi connectivity index (χ0n) is 7.44. The molecule has 0 saturated carbocycles. The number of rotatable bonds is 2. The molecule has 0 aliphatic heterocycles. The van der Waals surface area contributed by atoms with E-state index in [9.17, 15) is 4.79 Å². The molecule has 0 radical (unpaired) electrons. The fraction of sp³-hybridized carbons (Fsp3) is 0. The summed E-state index contributed by atoms with van der Waals surface area (Å²) in [6, 6.07) is 1.66. The molecule has 0 aromatic carbocycles. The largest absolute Gasteiger partial charge is 0.477 e. The average Bonchev–Trinajstić information content (AvgIpc) is 2.67. The van der Waals surface area contributed by atoms with Gasteiger partial charge in [0.2, 0.25) is 0 Å². The molecule has 76 valence electrons. The van der Waals surface area contributed by atoms with E-state index < -0.39 is 5.97 Å². The van der Waals surface area contributed by atoms with Crippen LogP contribution in [0.5, 0.6) is 0 Å². The quantitative estimate of drug-likeness (QED) is 0.814. The lowest BCUT2D eigenvalue weighted by atomic mass is 10.2. The average molecular weight is 224 g/mol. The van der Waals surface area contributed by atoms with E-state index in [-0.39, 0.29) is 5.69 Å². The number of pyridine rings is 1. The first kappa shape index (κ1) is 9.67. The molecule has 2 aromatic heterocycles. The minimum atomic E-state index is -1.06. The molecule has 0 bridgehead atoms. The fourth-order valence-corrected chi connectivity index (χ4v) is 1.34. The van der Waals surface area contributed by atoms with Gasteiger partial charge in [0.15, 0.2) is 0 Å². The van der Waals surface area contributed by atoms with Gasteiger partial charge in [-0.05, 0) is 6.07 Å². The highest BCUT2D eigenvalue weighted by Gasteiger charge is 2.10. The summed E-state index contributed by atoms with van der Waals surface area (Å²) in [6.07, 6.45) is 4.28. The van der Waals surface area contributed by atoms with Crippen molar-refractivity contribution in [2.45, 2.75) is 0 Å². The van der Waals surface area contributed by atoms with Crippen LogP contribution >= 0.6 is 11.6 Å². The van der Waals surface area contributed by atoms with Crippen LogP contribution in [0.15, 0.2) is 24.7 Å². The van der Waals surface area contributed by atoms with Gasteiger partial charge in [-0.2, -0.15) is 0 Å². The zero-order chi connectivity index (χ0) is 10.8. The normalized spacial score (nSPS) is 10.2. The van der Waals surface area contributed by atoms with E-state index in [1.165, 1.54) is 12.4 Å². The lowest BCUT2D eigenvalue weighted by Crippen LogP contribution is -1.95. The van der Waals surface area contributed by atoms with Gasteiger partial charge in [-0.1, -0.05) is 11.6 Å². The number of halogens is 1. The zero-order valence-corrected chi connectivity index (χ0v) is 8.19. The molecule has 2 aromatic rings. The van der Waals surface area contributed by atoms with Gasteiger partial charge in [0.1, 0.15) is 11.5 Å². The number of carbonyl (C=O) groups is 1. The van der Waals surface area contributed by atoms with E-state index >= 15 is 0 Å². The van der Waals surface area contributed by atoms with Crippen LogP contribution in [-0.4, -0.2) is 26.0 Å². The Labute approximate surface area is 89.8 Å². The Bertz CT molecular complexity index is 510. The molecular weight excluding hydrogens is 218 g/mol. The molecule has 0 unspecified atom stereocenters. The molecule has 2 rings (SSSR count). The maximum atomic E-state index is 10.6. The van der Waals surface area contributed by atoms with Crippen molar-refractivity contribution in [1.29, 1.82) is 0 Å². The Morgan fingerprint density at radius 1 is 1.47 bits per heavy atom. The van der Waals surface area contributed by atoms with E-state index in [1.54, 1.807) is 12.3 Å². The Balaban J connectivity index is 2.46. The molecule has 0 atom stereocenters. The Morgan fingerprint density at radius 3 is 2.87 bits per heavy atom. The van der Waals surface area contributed by atoms with Crippen molar-refractivity contribution in [2.75, 3.05) is 0 Å². The molecular formula is C9H6ClN3O2. The summed E-state index contributed by atoms with van der Waals surface area (Å²) in [6.45, 7) is 0. The van der Waals surface area contributed by atoms with Gasteiger partial charge < -0.3 is 10.1 Å². The summed E-state index contributed by atoms with van der Waals surface area (Å²) in [5.74, 6) is -0.640. The number of carboxylic acid groups (broad SMARTS) is 1. The number of aromatic amines is 1. The number of nitrogens with zero attached hydrogens (tertiary/aromatic N) is 2. The van der Waals surface area contributed by atoms with Crippen LogP contribution in [0.25, 0.3) is 11.4 Å². The Kier molecular flexibility index (Phi) is 2.39. The topological polar surface area (TPSA) is 78.9 Å². The van der Waals surface area contributed by atoms with Gasteiger partial charge >= 0.3 is 5.97 Å². The summed E-state index contributed by atoms with van der Waals surface area (Å²) >= 11 is 5.88. The van der Waals surface area contributed by atoms with Crippen molar-refractivity contribution in [3.63, 3.8) is 0 Å². The van der Waals surface area contributed by atoms with E-state index in [0.717, 1.165) is 0 Å². The highest BCUT2D eigenvalue weighted by molar-refractivity contribution is 6.33. The predicted molar refractivity (Wildman–Crippen MR) is 53.8 cm³/mol. The van der Waals surface area contributed by atoms with Crippen LogP contribution in [0.1, 0.15) is 10.5 Å². The van der Waals surface area contributed by atoms with Crippen LogP contribution in [0, 0.1) is 0 Å².